The molecule has 2 aromatic carbocycles. The van der Waals surface area contributed by atoms with Crippen molar-refractivity contribution in [1.82, 2.24) is 5.32 Å². The zero-order valence-corrected chi connectivity index (χ0v) is 16.7. The Morgan fingerprint density at radius 3 is 2.03 bits per heavy atom. The number of hydrogen-bond donors (Lipinski definition) is 3. The maximum atomic E-state index is 12.5. The third kappa shape index (κ3) is 5.66. The molecule has 2 aromatic rings. The van der Waals surface area contributed by atoms with Crippen molar-refractivity contribution >= 4 is 17.8 Å². The molecule has 1 aliphatic heterocycles. The Morgan fingerprint density at radius 2 is 1.48 bits per heavy atom. The molecule has 1 saturated heterocycles. The van der Waals surface area contributed by atoms with E-state index in [0.29, 0.717) is 5.56 Å². The highest BCUT2D eigenvalue weighted by molar-refractivity contribution is 5.90. The fourth-order valence-corrected chi connectivity index (χ4v) is 3.18. The summed E-state index contributed by atoms with van der Waals surface area (Å²) < 4.78 is 15.9. The minimum absolute atomic E-state index is 0.226. The van der Waals surface area contributed by atoms with E-state index in [1.54, 1.807) is 48.5 Å². The summed E-state index contributed by atoms with van der Waals surface area (Å²) in [4.78, 5) is 36.2. The Bertz CT molecular complexity index is 904. The summed E-state index contributed by atoms with van der Waals surface area (Å²) in [6.45, 7) is 0.807. The van der Waals surface area contributed by atoms with Gasteiger partial charge in [0.05, 0.1) is 11.1 Å². The Balaban J connectivity index is 1.73. The van der Waals surface area contributed by atoms with Gasteiger partial charge in [-0.1, -0.05) is 36.4 Å². The van der Waals surface area contributed by atoms with Gasteiger partial charge in [-0.2, -0.15) is 0 Å². The molecule has 0 aliphatic carbocycles. The third-order valence-electron chi connectivity index (χ3n) is 4.70. The Hall–Kier alpha value is -3.27. The van der Waals surface area contributed by atoms with Gasteiger partial charge in [0, 0.05) is 6.92 Å². The number of amides is 1. The lowest BCUT2D eigenvalue weighted by atomic mass is 9.96. The summed E-state index contributed by atoms with van der Waals surface area (Å²) >= 11 is 0. The summed E-state index contributed by atoms with van der Waals surface area (Å²) in [6, 6.07) is 15.0. The summed E-state index contributed by atoms with van der Waals surface area (Å²) in [7, 11) is 0. The van der Waals surface area contributed by atoms with Gasteiger partial charge in [-0.15, -0.1) is 0 Å². The van der Waals surface area contributed by atoms with Gasteiger partial charge in [0.2, 0.25) is 5.91 Å². The second-order valence-electron chi connectivity index (χ2n) is 6.98. The topological polar surface area (TPSA) is 131 Å². The average Bonchev–Trinajstić information content (AvgIpc) is 2.78. The Morgan fingerprint density at radius 1 is 0.935 bits per heavy atom. The molecule has 0 spiro atoms. The van der Waals surface area contributed by atoms with Crippen LogP contribution in [0.4, 0.5) is 0 Å². The first-order valence-corrected chi connectivity index (χ1v) is 9.63. The predicted octanol–water partition coefficient (Wildman–Crippen LogP) is 0.652. The first kappa shape index (κ1) is 22.4. The van der Waals surface area contributed by atoms with E-state index in [4.69, 9.17) is 14.2 Å². The van der Waals surface area contributed by atoms with E-state index in [0.717, 1.165) is 0 Å². The van der Waals surface area contributed by atoms with Crippen LogP contribution in [0.25, 0.3) is 0 Å². The number of hydrogen-bond acceptors (Lipinski definition) is 8. The lowest BCUT2D eigenvalue weighted by molar-refractivity contribution is -0.253. The van der Waals surface area contributed by atoms with Crippen LogP contribution < -0.4 is 5.32 Å². The minimum Gasteiger partial charge on any atom is -0.459 e. The van der Waals surface area contributed by atoms with Gasteiger partial charge >= 0.3 is 11.9 Å². The number of esters is 2. The number of aliphatic hydroxyl groups is 2. The average molecular weight is 429 g/mol. The molecule has 0 aromatic heterocycles. The molecule has 0 bridgehead atoms. The predicted molar refractivity (Wildman–Crippen MR) is 107 cm³/mol. The molecule has 1 fully saturated rings. The molecular formula is C22H23NO8. The molecule has 0 saturated carbocycles. The van der Waals surface area contributed by atoms with Crippen molar-refractivity contribution in [2.75, 3.05) is 6.61 Å². The highest BCUT2D eigenvalue weighted by Gasteiger charge is 2.48. The summed E-state index contributed by atoms with van der Waals surface area (Å²) in [6.07, 6.45) is -5.64. The van der Waals surface area contributed by atoms with Crippen LogP contribution in [0.5, 0.6) is 0 Å². The number of aliphatic hydroxyl groups excluding tert-OH is 2. The van der Waals surface area contributed by atoms with Gasteiger partial charge in [-0.25, -0.2) is 9.59 Å². The second kappa shape index (κ2) is 10.2. The number of carbonyl (C=O) groups is 3. The number of carbonyl (C=O) groups excluding carboxylic acids is 3. The van der Waals surface area contributed by atoms with Crippen LogP contribution in [0.15, 0.2) is 60.7 Å². The second-order valence-corrected chi connectivity index (χ2v) is 6.98. The summed E-state index contributed by atoms with van der Waals surface area (Å²) in [5, 5.41) is 23.5. The zero-order chi connectivity index (χ0) is 22.4. The van der Waals surface area contributed by atoms with Crippen LogP contribution in [-0.4, -0.2) is 65.3 Å². The Labute approximate surface area is 178 Å². The van der Waals surface area contributed by atoms with Gasteiger partial charge in [0.1, 0.15) is 24.9 Å². The molecule has 9 nitrogen and oxygen atoms in total. The summed E-state index contributed by atoms with van der Waals surface area (Å²) in [5.41, 5.74) is 0.529. The van der Waals surface area contributed by atoms with Crippen LogP contribution in [0.3, 0.4) is 0 Å². The van der Waals surface area contributed by atoms with Crippen molar-refractivity contribution in [1.29, 1.82) is 0 Å². The minimum atomic E-state index is -1.61. The molecule has 0 radical (unpaired) electrons. The van der Waals surface area contributed by atoms with Gasteiger partial charge < -0.3 is 29.7 Å². The van der Waals surface area contributed by atoms with E-state index in [1.807, 2.05) is 0 Å². The highest BCUT2D eigenvalue weighted by atomic mass is 16.6. The SMILES string of the molecule is CC(=O)N[C@H]1[C@@H](OC(=O)c2ccccc2)[C@H](O)[C@H](COC(=O)c2ccccc2)O[C@H]1O. The fourth-order valence-electron chi connectivity index (χ4n) is 3.18. The molecule has 3 N–H and O–H groups in total. The zero-order valence-electron chi connectivity index (χ0n) is 16.7. The number of ether oxygens (including phenoxy) is 3. The van der Waals surface area contributed by atoms with E-state index in [1.165, 1.54) is 19.1 Å². The molecule has 3 rings (SSSR count). The normalized spacial score (nSPS) is 25.3. The standard InChI is InChI=1S/C22H23NO8/c1-13(24)23-17-19(31-21(27)15-10-6-3-7-11-15)18(25)16(30-22(17)28)12-29-20(26)14-8-4-2-5-9-14/h2-11,16-19,22,25,28H,12H2,1H3,(H,23,24)/t16-,17-,18+,19+,22+/m0/s1. The van der Waals surface area contributed by atoms with Crippen molar-refractivity contribution in [2.45, 2.75) is 37.6 Å². The van der Waals surface area contributed by atoms with E-state index in [9.17, 15) is 24.6 Å². The first-order chi connectivity index (χ1) is 14.9. The van der Waals surface area contributed by atoms with Crippen LogP contribution in [-0.2, 0) is 19.0 Å². The molecule has 164 valence electrons. The van der Waals surface area contributed by atoms with Crippen LogP contribution in [0.1, 0.15) is 27.6 Å². The van der Waals surface area contributed by atoms with E-state index in [-0.39, 0.29) is 5.56 Å². The van der Waals surface area contributed by atoms with E-state index in [2.05, 4.69) is 5.32 Å². The van der Waals surface area contributed by atoms with Gasteiger partial charge in [0.25, 0.3) is 0 Å². The van der Waals surface area contributed by atoms with Gasteiger partial charge in [-0.3, -0.25) is 4.79 Å². The molecule has 31 heavy (non-hydrogen) atoms. The summed E-state index contributed by atoms with van der Waals surface area (Å²) in [5.74, 6) is -1.92. The molecule has 5 atom stereocenters. The van der Waals surface area contributed by atoms with Crippen molar-refractivity contribution in [3.05, 3.63) is 71.8 Å². The van der Waals surface area contributed by atoms with Crippen molar-refractivity contribution < 1.29 is 38.8 Å². The first-order valence-electron chi connectivity index (χ1n) is 9.63. The molecule has 1 aliphatic rings. The third-order valence-corrected chi connectivity index (χ3v) is 4.70. The van der Waals surface area contributed by atoms with Crippen LogP contribution in [0, 0.1) is 0 Å². The van der Waals surface area contributed by atoms with Crippen LogP contribution >= 0.6 is 0 Å². The van der Waals surface area contributed by atoms with E-state index < -0.39 is 55.1 Å². The molecule has 9 heteroatoms. The van der Waals surface area contributed by atoms with Crippen LogP contribution in [0.2, 0.25) is 0 Å². The quantitative estimate of drug-likeness (QED) is 0.571. The largest absolute Gasteiger partial charge is 0.459 e. The fraction of sp³-hybridized carbons (Fsp3) is 0.318. The molecular weight excluding hydrogens is 406 g/mol. The maximum absolute atomic E-state index is 12.5. The monoisotopic (exact) mass is 429 g/mol. The van der Waals surface area contributed by atoms with Gasteiger partial charge in [-0.05, 0) is 24.3 Å². The smallest absolute Gasteiger partial charge is 0.338 e. The Kier molecular flexibility index (Phi) is 7.35. The highest BCUT2D eigenvalue weighted by Crippen LogP contribution is 2.24. The molecule has 1 amide bonds. The number of rotatable bonds is 6. The van der Waals surface area contributed by atoms with Crippen molar-refractivity contribution in [2.24, 2.45) is 0 Å². The van der Waals surface area contributed by atoms with Gasteiger partial charge in [0.15, 0.2) is 12.4 Å². The lowest BCUT2D eigenvalue weighted by Gasteiger charge is -2.42. The molecule has 0 unspecified atom stereocenters. The lowest BCUT2D eigenvalue weighted by Crippen LogP contribution is -2.65. The maximum Gasteiger partial charge on any atom is 0.338 e. The molecule has 1 heterocycles. The van der Waals surface area contributed by atoms with Crippen molar-refractivity contribution in [3.8, 4) is 0 Å². The number of benzene rings is 2. The van der Waals surface area contributed by atoms with Crippen molar-refractivity contribution in [3.63, 3.8) is 0 Å². The van der Waals surface area contributed by atoms with E-state index >= 15 is 0 Å². The number of nitrogens with one attached hydrogen (secondary N) is 1.